The highest BCUT2D eigenvalue weighted by molar-refractivity contribution is 5.79. The molecule has 2 aliphatic carbocycles. The van der Waals surface area contributed by atoms with E-state index in [4.69, 9.17) is 0 Å². The van der Waals surface area contributed by atoms with Crippen molar-refractivity contribution in [3.05, 3.63) is 35.6 Å². The Bertz CT molecular complexity index is 450. The average molecular weight is 247 g/mol. The van der Waals surface area contributed by atoms with Gasteiger partial charge >= 0.3 is 0 Å². The number of halogens is 1. The zero-order valence-corrected chi connectivity index (χ0v) is 10.4. The molecule has 3 rings (SSSR count). The van der Waals surface area contributed by atoms with Crippen molar-refractivity contribution in [1.82, 2.24) is 5.32 Å². The number of fused-ring (bicyclic) bond motifs is 1. The number of hydrogen-bond donors (Lipinski definition) is 1. The van der Waals surface area contributed by atoms with Crippen LogP contribution in [0, 0.1) is 23.6 Å². The minimum absolute atomic E-state index is 0.165. The highest BCUT2D eigenvalue weighted by Gasteiger charge is 2.47. The van der Waals surface area contributed by atoms with E-state index in [0.717, 1.165) is 24.7 Å². The SMILES string of the molecule is O=C(NCCc1ccccc1F)C1CC2CC2C1. The van der Waals surface area contributed by atoms with Gasteiger partial charge in [-0.15, -0.1) is 0 Å². The van der Waals surface area contributed by atoms with Crippen LogP contribution in [-0.2, 0) is 11.2 Å². The van der Waals surface area contributed by atoms with Crippen molar-refractivity contribution in [1.29, 1.82) is 0 Å². The van der Waals surface area contributed by atoms with Gasteiger partial charge in [0.05, 0.1) is 0 Å². The Kier molecular flexibility index (Phi) is 3.06. The fraction of sp³-hybridized carbons (Fsp3) is 0.533. The lowest BCUT2D eigenvalue weighted by Crippen LogP contribution is -2.31. The second-order valence-electron chi connectivity index (χ2n) is 5.56. The van der Waals surface area contributed by atoms with Gasteiger partial charge in [0.15, 0.2) is 0 Å². The molecule has 0 aliphatic heterocycles. The summed E-state index contributed by atoms with van der Waals surface area (Å²) in [5.74, 6) is 1.85. The van der Waals surface area contributed by atoms with Gasteiger partial charge in [0.1, 0.15) is 5.82 Å². The standard InChI is InChI=1S/C15H18FNO/c16-14-4-2-1-3-10(14)5-6-17-15(18)13-8-11-7-12(11)9-13/h1-4,11-13H,5-9H2,(H,17,18). The molecule has 3 heteroatoms. The van der Waals surface area contributed by atoms with E-state index >= 15 is 0 Å². The summed E-state index contributed by atoms with van der Waals surface area (Å²) in [7, 11) is 0. The Morgan fingerprint density at radius 2 is 1.94 bits per heavy atom. The van der Waals surface area contributed by atoms with Crippen LogP contribution in [0.2, 0.25) is 0 Å². The lowest BCUT2D eigenvalue weighted by atomic mass is 10.0. The van der Waals surface area contributed by atoms with Gasteiger partial charge in [-0.05, 0) is 49.1 Å². The molecule has 1 aromatic carbocycles. The fourth-order valence-corrected chi connectivity index (χ4v) is 3.09. The third-order valence-electron chi connectivity index (χ3n) is 4.27. The first kappa shape index (κ1) is 11.7. The smallest absolute Gasteiger partial charge is 0.223 e. The molecule has 1 N–H and O–H groups in total. The van der Waals surface area contributed by atoms with Crippen molar-refractivity contribution < 1.29 is 9.18 Å². The maximum absolute atomic E-state index is 13.4. The second-order valence-corrected chi connectivity index (χ2v) is 5.56. The van der Waals surface area contributed by atoms with Crippen LogP contribution in [0.4, 0.5) is 4.39 Å². The van der Waals surface area contributed by atoms with E-state index in [1.165, 1.54) is 12.5 Å². The summed E-state index contributed by atoms with van der Waals surface area (Å²) in [6.07, 6.45) is 4.03. The number of nitrogens with one attached hydrogen (secondary N) is 1. The van der Waals surface area contributed by atoms with Crippen LogP contribution in [0.3, 0.4) is 0 Å². The molecule has 2 nitrogen and oxygen atoms in total. The van der Waals surface area contributed by atoms with Gasteiger partial charge in [-0.2, -0.15) is 0 Å². The molecule has 0 bridgehead atoms. The highest BCUT2D eigenvalue weighted by Crippen LogP contribution is 2.54. The number of rotatable bonds is 4. The second kappa shape index (κ2) is 4.71. The topological polar surface area (TPSA) is 29.1 Å². The van der Waals surface area contributed by atoms with E-state index < -0.39 is 0 Å². The Labute approximate surface area is 107 Å². The first-order valence-corrected chi connectivity index (χ1v) is 6.75. The lowest BCUT2D eigenvalue weighted by Gasteiger charge is -2.12. The van der Waals surface area contributed by atoms with Crippen LogP contribution in [-0.4, -0.2) is 12.5 Å². The quantitative estimate of drug-likeness (QED) is 0.870. The number of hydrogen-bond acceptors (Lipinski definition) is 1. The molecule has 2 fully saturated rings. The Morgan fingerprint density at radius 3 is 2.67 bits per heavy atom. The third kappa shape index (κ3) is 2.40. The third-order valence-corrected chi connectivity index (χ3v) is 4.27. The van der Waals surface area contributed by atoms with Crippen LogP contribution in [0.1, 0.15) is 24.8 Å². The fourth-order valence-electron chi connectivity index (χ4n) is 3.09. The molecule has 0 heterocycles. The van der Waals surface area contributed by atoms with Crippen LogP contribution < -0.4 is 5.32 Å². The number of benzene rings is 1. The Balaban J connectivity index is 1.44. The van der Waals surface area contributed by atoms with Crippen molar-refractivity contribution in [2.75, 3.05) is 6.54 Å². The molecule has 1 amide bonds. The zero-order valence-electron chi connectivity index (χ0n) is 10.4. The molecule has 0 spiro atoms. The van der Waals surface area contributed by atoms with E-state index in [0.29, 0.717) is 18.5 Å². The molecule has 1 aromatic rings. The van der Waals surface area contributed by atoms with Crippen LogP contribution >= 0.6 is 0 Å². The molecule has 0 aromatic heterocycles. The van der Waals surface area contributed by atoms with Gasteiger partial charge < -0.3 is 5.32 Å². The number of amides is 1. The molecule has 0 radical (unpaired) electrons. The van der Waals surface area contributed by atoms with E-state index in [1.54, 1.807) is 12.1 Å². The van der Waals surface area contributed by atoms with Gasteiger partial charge in [-0.1, -0.05) is 18.2 Å². The maximum Gasteiger partial charge on any atom is 0.223 e. The molecular formula is C15H18FNO. The summed E-state index contributed by atoms with van der Waals surface area (Å²) < 4.78 is 13.4. The van der Waals surface area contributed by atoms with Crippen LogP contribution in [0.25, 0.3) is 0 Å². The van der Waals surface area contributed by atoms with Crippen LogP contribution in [0.15, 0.2) is 24.3 Å². The lowest BCUT2D eigenvalue weighted by molar-refractivity contribution is -0.125. The largest absolute Gasteiger partial charge is 0.356 e. The van der Waals surface area contributed by atoms with Crippen molar-refractivity contribution in [2.45, 2.75) is 25.7 Å². The first-order chi connectivity index (χ1) is 8.74. The molecule has 2 aliphatic rings. The summed E-state index contributed by atoms with van der Waals surface area (Å²) >= 11 is 0. The maximum atomic E-state index is 13.4. The molecule has 0 saturated heterocycles. The first-order valence-electron chi connectivity index (χ1n) is 6.75. The number of carbonyl (C=O) groups is 1. The predicted octanol–water partition coefficient (Wildman–Crippen LogP) is 2.53. The summed E-state index contributed by atoms with van der Waals surface area (Å²) in [6, 6.07) is 6.74. The van der Waals surface area contributed by atoms with Crippen molar-refractivity contribution >= 4 is 5.91 Å². The van der Waals surface area contributed by atoms with Gasteiger partial charge in [0.25, 0.3) is 0 Å². The predicted molar refractivity (Wildman–Crippen MR) is 67.4 cm³/mol. The average Bonchev–Trinajstić information content (AvgIpc) is 2.98. The monoisotopic (exact) mass is 247 g/mol. The minimum atomic E-state index is -0.186. The summed E-state index contributed by atoms with van der Waals surface area (Å²) in [5.41, 5.74) is 0.673. The minimum Gasteiger partial charge on any atom is -0.356 e. The molecule has 96 valence electrons. The van der Waals surface area contributed by atoms with Crippen molar-refractivity contribution in [2.24, 2.45) is 17.8 Å². The zero-order chi connectivity index (χ0) is 12.5. The van der Waals surface area contributed by atoms with Gasteiger partial charge in [0, 0.05) is 12.5 Å². The molecule has 2 atom stereocenters. The summed E-state index contributed by atoms with van der Waals surface area (Å²) in [4.78, 5) is 11.9. The highest BCUT2D eigenvalue weighted by atomic mass is 19.1. The molecular weight excluding hydrogens is 229 g/mol. The van der Waals surface area contributed by atoms with E-state index in [9.17, 15) is 9.18 Å². The van der Waals surface area contributed by atoms with E-state index in [1.807, 2.05) is 6.07 Å². The van der Waals surface area contributed by atoms with Gasteiger partial charge in [-0.3, -0.25) is 4.79 Å². The summed E-state index contributed by atoms with van der Waals surface area (Å²) in [6.45, 7) is 0.533. The summed E-state index contributed by atoms with van der Waals surface area (Å²) in [5, 5.41) is 2.94. The van der Waals surface area contributed by atoms with Crippen molar-refractivity contribution in [3.8, 4) is 0 Å². The van der Waals surface area contributed by atoms with Gasteiger partial charge in [-0.25, -0.2) is 4.39 Å². The van der Waals surface area contributed by atoms with E-state index in [2.05, 4.69) is 5.32 Å². The normalized spacial score (nSPS) is 28.8. The Morgan fingerprint density at radius 1 is 1.22 bits per heavy atom. The van der Waals surface area contributed by atoms with Crippen LogP contribution in [0.5, 0.6) is 0 Å². The Hall–Kier alpha value is -1.38. The molecule has 18 heavy (non-hydrogen) atoms. The van der Waals surface area contributed by atoms with E-state index in [-0.39, 0.29) is 17.6 Å². The van der Waals surface area contributed by atoms with Gasteiger partial charge in [0.2, 0.25) is 5.91 Å². The molecule has 2 unspecified atom stereocenters. The molecule has 2 saturated carbocycles. The van der Waals surface area contributed by atoms with Crippen molar-refractivity contribution in [3.63, 3.8) is 0 Å². The number of carbonyl (C=O) groups excluding carboxylic acids is 1.